The Kier molecular flexibility index (Phi) is 8.33. The summed E-state index contributed by atoms with van der Waals surface area (Å²) in [7, 11) is 3.51. The molecule has 0 radical (unpaired) electrons. The summed E-state index contributed by atoms with van der Waals surface area (Å²) in [4.78, 5) is 12.7. The molecule has 0 rings (SSSR count). The number of nitrogens with zero attached hydrogens (tertiary/aromatic N) is 1. The number of carbonyl (C=O) groups is 1. The monoisotopic (exact) mass is 216 g/mol. The van der Waals surface area contributed by atoms with Crippen LogP contribution in [0, 0.1) is 5.92 Å². The minimum atomic E-state index is 0.0946. The van der Waals surface area contributed by atoms with Gasteiger partial charge in [0.1, 0.15) is 0 Å². The van der Waals surface area contributed by atoms with Crippen molar-refractivity contribution < 1.29 is 9.53 Å². The predicted molar refractivity (Wildman–Crippen MR) is 61.8 cm³/mol. The van der Waals surface area contributed by atoms with Crippen molar-refractivity contribution in [2.45, 2.75) is 20.3 Å². The van der Waals surface area contributed by atoms with E-state index >= 15 is 0 Å². The molecule has 90 valence electrons. The van der Waals surface area contributed by atoms with Crippen LogP contribution < -0.4 is 5.32 Å². The lowest BCUT2D eigenvalue weighted by Crippen LogP contribution is -2.34. The molecule has 0 bridgehead atoms. The van der Waals surface area contributed by atoms with E-state index in [1.807, 2.05) is 0 Å². The fourth-order valence-electron chi connectivity index (χ4n) is 0.919. The summed E-state index contributed by atoms with van der Waals surface area (Å²) >= 11 is 0. The topological polar surface area (TPSA) is 41.6 Å². The summed E-state index contributed by atoms with van der Waals surface area (Å²) < 4.78 is 5.40. The number of likely N-dealkylation sites (N-methyl/N-ethyl adjacent to an activating group) is 1. The van der Waals surface area contributed by atoms with E-state index < -0.39 is 0 Å². The zero-order valence-electron chi connectivity index (χ0n) is 10.4. The minimum absolute atomic E-state index is 0.0946. The van der Waals surface area contributed by atoms with Gasteiger partial charge in [-0.3, -0.25) is 4.79 Å². The Bertz CT molecular complexity index is 170. The van der Waals surface area contributed by atoms with Gasteiger partial charge in [-0.15, -0.1) is 0 Å². The second-order valence-corrected chi connectivity index (χ2v) is 4.26. The first kappa shape index (κ1) is 14.4. The van der Waals surface area contributed by atoms with E-state index in [-0.39, 0.29) is 5.91 Å². The van der Waals surface area contributed by atoms with Gasteiger partial charge in [0, 0.05) is 27.2 Å². The number of rotatable bonds is 8. The highest BCUT2D eigenvalue weighted by molar-refractivity contribution is 5.77. The highest BCUT2D eigenvalue weighted by Gasteiger charge is 2.01. The van der Waals surface area contributed by atoms with Crippen LogP contribution in [-0.2, 0) is 9.53 Å². The van der Waals surface area contributed by atoms with E-state index in [0.717, 1.165) is 19.6 Å². The summed E-state index contributed by atoms with van der Waals surface area (Å²) in [5, 5.41) is 3.04. The van der Waals surface area contributed by atoms with Crippen LogP contribution >= 0.6 is 0 Å². The number of nitrogens with one attached hydrogen (secondary N) is 1. The molecule has 0 fully saturated rings. The zero-order chi connectivity index (χ0) is 11.7. The van der Waals surface area contributed by atoms with Gasteiger partial charge in [0.2, 0.25) is 5.91 Å². The molecule has 15 heavy (non-hydrogen) atoms. The molecule has 0 aliphatic carbocycles. The molecule has 4 nitrogen and oxygen atoms in total. The number of carbonyl (C=O) groups excluding carboxylic acids is 1. The Labute approximate surface area is 93.0 Å². The normalized spacial score (nSPS) is 10.7. The predicted octanol–water partition coefficient (Wildman–Crippen LogP) is 0.727. The van der Waals surface area contributed by atoms with E-state index in [2.05, 4.69) is 19.2 Å². The maximum atomic E-state index is 11.1. The molecule has 0 atom stereocenters. The molecular weight excluding hydrogens is 192 g/mol. The molecule has 0 saturated carbocycles. The van der Waals surface area contributed by atoms with Crippen molar-refractivity contribution >= 4 is 5.91 Å². The van der Waals surface area contributed by atoms with Crippen LogP contribution in [0.25, 0.3) is 0 Å². The molecule has 0 unspecified atom stereocenters. The van der Waals surface area contributed by atoms with E-state index in [4.69, 9.17) is 4.74 Å². The quantitative estimate of drug-likeness (QED) is 0.608. The van der Waals surface area contributed by atoms with Gasteiger partial charge in [0.25, 0.3) is 0 Å². The SMILES string of the molecule is CC(C)CCOCCNCC(=O)N(C)C. The molecular formula is C11H24N2O2. The maximum absolute atomic E-state index is 11.1. The molecule has 0 aliphatic rings. The van der Waals surface area contributed by atoms with E-state index in [1.54, 1.807) is 19.0 Å². The van der Waals surface area contributed by atoms with Crippen LogP contribution in [0.5, 0.6) is 0 Å². The largest absolute Gasteiger partial charge is 0.380 e. The van der Waals surface area contributed by atoms with Crippen molar-refractivity contribution in [2.75, 3.05) is 40.4 Å². The molecule has 0 aromatic heterocycles. The average molecular weight is 216 g/mol. The minimum Gasteiger partial charge on any atom is -0.380 e. The summed E-state index contributed by atoms with van der Waals surface area (Å²) in [5.41, 5.74) is 0. The van der Waals surface area contributed by atoms with Crippen LogP contribution in [-0.4, -0.2) is 51.2 Å². The lowest BCUT2D eigenvalue weighted by Gasteiger charge is -2.11. The van der Waals surface area contributed by atoms with Crippen LogP contribution in [0.3, 0.4) is 0 Å². The first-order valence-electron chi connectivity index (χ1n) is 5.52. The smallest absolute Gasteiger partial charge is 0.236 e. The van der Waals surface area contributed by atoms with Gasteiger partial charge < -0.3 is 15.0 Å². The number of hydrogen-bond acceptors (Lipinski definition) is 3. The standard InChI is InChI=1S/C11H24N2O2/c1-10(2)5-7-15-8-6-12-9-11(14)13(3)4/h10,12H,5-9H2,1-4H3. The fraction of sp³-hybridized carbons (Fsp3) is 0.909. The molecule has 1 amide bonds. The van der Waals surface area contributed by atoms with E-state index in [0.29, 0.717) is 19.1 Å². The molecule has 0 heterocycles. The highest BCUT2D eigenvalue weighted by atomic mass is 16.5. The van der Waals surface area contributed by atoms with Crippen LogP contribution in [0.2, 0.25) is 0 Å². The van der Waals surface area contributed by atoms with Crippen molar-refractivity contribution in [3.8, 4) is 0 Å². The summed E-state index contributed by atoms with van der Waals surface area (Å²) in [5.74, 6) is 0.783. The number of amides is 1. The fourth-order valence-corrected chi connectivity index (χ4v) is 0.919. The Balaban J connectivity index is 3.15. The lowest BCUT2D eigenvalue weighted by molar-refractivity contribution is -0.127. The Morgan fingerprint density at radius 1 is 1.33 bits per heavy atom. The van der Waals surface area contributed by atoms with Crippen molar-refractivity contribution in [1.82, 2.24) is 10.2 Å². The maximum Gasteiger partial charge on any atom is 0.236 e. The molecule has 4 heteroatoms. The third kappa shape index (κ3) is 9.69. The number of ether oxygens (including phenoxy) is 1. The average Bonchev–Trinajstić information content (AvgIpc) is 2.15. The summed E-state index contributed by atoms with van der Waals surface area (Å²) in [6.07, 6.45) is 1.09. The van der Waals surface area contributed by atoms with Gasteiger partial charge in [0.15, 0.2) is 0 Å². The second kappa shape index (κ2) is 8.68. The van der Waals surface area contributed by atoms with Gasteiger partial charge in [0.05, 0.1) is 13.2 Å². The first-order valence-corrected chi connectivity index (χ1v) is 5.52. The van der Waals surface area contributed by atoms with Crippen molar-refractivity contribution in [3.63, 3.8) is 0 Å². The van der Waals surface area contributed by atoms with Crippen LogP contribution in [0.15, 0.2) is 0 Å². The van der Waals surface area contributed by atoms with E-state index in [9.17, 15) is 4.79 Å². The summed E-state index contributed by atoms with van der Waals surface area (Å²) in [6, 6.07) is 0. The van der Waals surface area contributed by atoms with Crippen molar-refractivity contribution in [3.05, 3.63) is 0 Å². The zero-order valence-corrected chi connectivity index (χ0v) is 10.4. The summed E-state index contributed by atoms with van der Waals surface area (Å²) in [6.45, 7) is 6.96. The lowest BCUT2D eigenvalue weighted by atomic mass is 10.1. The van der Waals surface area contributed by atoms with Gasteiger partial charge in [-0.05, 0) is 12.3 Å². The van der Waals surface area contributed by atoms with Crippen molar-refractivity contribution in [2.24, 2.45) is 5.92 Å². The van der Waals surface area contributed by atoms with Gasteiger partial charge in [-0.25, -0.2) is 0 Å². The third-order valence-corrected chi connectivity index (χ3v) is 2.04. The Morgan fingerprint density at radius 2 is 2.00 bits per heavy atom. The second-order valence-electron chi connectivity index (χ2n) is 4.26. The molecule has 0 aliphatic heterocycles. The Morgan fingerprint density at radius 3 is 2.53 bits per heavy atom. The Hall–Kier alpha value is -0.610. The molecule has 0 spiro atoms. The van der Waals surface area contributed by atoms with Crippen LogP contribution in [0.4, 0.5) is 0 Å². The van der Waals surface area contributed by atoms with Gasteiger partial charge in [-0.2, -0.15) is 0 Å². The molecule has 1 N–H and O–H groups in total. The van der Waals surface area contributed by atoms with E-state index in [1.165, 1.54) is 0 Å². The third-order valence-electron chi connectivity index (χ3n) is 2.04. The van der Waals surface area contributed by atoms with Crippen LogP contribution in [0.1, 0.15) is 20.3 Å². The molecule has 0 aromatic rings. The highest BCUT2D eigenvalue weighted by Crippen LogP contribution is 1.98. The first-order chi connectivity index (χ1) is 7.04. The van der Waals surface area contributed by atoms with Crippen molar-refractivity contribution in [1.29, 1.82) is 0 Å². The molecule has 0 aromatic carbocycles. The van der Waals surface area contributed by atoms with Gasteiger partial charge >= 0.3 is 0 Å². The molecule has 0 saturated heterocycles. The van der Waals surface area contributed by atoms with Gasteiger partial charge in [-0.1, -0.05) is 13.8 Å². The number of hydrogen-bond donors (Lipinski definition) is 1.